The highest BCUT2D eigenvalue weighted by Gasteiger charge is 2.57. The zero-order valence-electron chi connectivity index (χ0n) is 16.3. The maximum absolute atomic E-state index is 13.1. The van der Waals surface area contributed by atoms with Crippen LogP contribution in [0, 0.1) is 11.8 Å². The third-order valence-electron chi connectivity index (χ3n) is 5.84. The van der Waals surface area contributed by atoms with Gasteiger partial charge in [-0.3, -0.25) is 9.36 Å². The molecule has 31 heavy (non-hydrogen) atoms. The molecule has 0 spiro atoms. The molecule has 158 valence electrons. The van der Waals surface area contributed by atoms with Crippen LogP contribution in [0.3, 0.4) is 0 Å². The maximum Gasteiger partial charge on any atom is 0.323 e. The van der Waals surface area contributed by atoms with E-state index >= 15 is 0 Å². The van der Waals surface area contributed by atoms with E-state index in [1.54, 1.807) is 41.3 Å². The summed E-state index contributed by atoms with van der Waals surface area (Å²) in [6, 6.07) is 10.8. The molecule has 2 aliphatic rings. The van der Waals surface area contributed by atoms with Gasteiger partial charge < -0.3 is 21.3 Å². The largest absolute Gasteiger partial charge is 0.351 e. The van der Waals surface area contributed by atoms with Gasteiger partial charge in [0.05, 0.1) is 11.2 Å². The fraction of sp³-hybridized carbons (Fsp3) is 0.238. The summed E-state index contributed by atoms with van der Waals surface area (Å²) in [7, 11) is 0. The summed E-state index contributed by atoms with van der Waals surface area (Å²) in [5, 5.41) is 6.36. The van der Waals surface area contributed by atoms with Crippen molar-refractivity contribution in [3.05, 3.63) is 53.3 Å². The Balaban J connectivity index is 1.37. The molecule has 2 aromatic heterocycles. The Morgan fingerprint density at radius 1 is 1.10 bits per heavy atom. The highest BCUT2D eigenvalue weighted by molar-refractivity contribution is 9.10. The van der Waals surface area contributed by atoms with Gasteiger partial charge in [0.15, 0.2) is 0 Å². The number of carbonyl (C=O) groups is 3. The van der Waals surface area contributed by atoms with E-state index in [0.29, 0.717) is 39.5 Å². The first-order valence-electron chi connectivity index (χ1n) is 9.83. The van der Waals surface area contributed by atoms with Crippen LogP contribution in [0.15, 0.2) is 53.3 Å². The number of primary amides is 1. The standard InChI is InChI=1S/C21H19BrN6O3/c22-16-6-3-7-17(25-16)26-19(29)18-13-8-11(13)9-28(18)21(31)24-14-10-27(20(23)30)15-5-2-1-4-12(14)15/h1-7,10-11,13,18H,8-9H2,(H2,23,30)(H,24,31)(H,25,26,29)/t11-,13-,18+/m1/s1. The number of nitrogens with two attached hydrogens (primary N) is 1. The van der Waals surface area contributed by atoms with Crippen molar-refractivity contribution in [2.45, 2.75) is 12.5 Å². The minimum atomic E-state index is -0.641. The Labute approximate surface area is 185 Å². The number of hydrogen-bond donors (Lipinski definition) is 3. The lowest BCUT2D eigenvalue weighted by Crippen LogP contribution is -2.47. The molecule has 3 aromatic rings. The summed E-state index contributed by atoms with van der Waals surface area (Å²) in [4.78, 5) is 43.6. The summed E-state index contributed by atoms with van der Waals surface area (Å²) >= 11 is 3.29. The number of rotatable bonds is 3. The van der Waals surface area contributed by atoms with E-state index in [1.165, 1.54) is 10.8 Å². The summed E-state index contributed by atoms with van der Waals surface area (Å²) in [5.74, 6) is 0.632. The van der Waals surface area contributed by atoms with E-state index < -0.39 is 12.1 Å². The van der Waals surface area contributed by atoms with Crippen LogP contribution in [-0.4, -0.2) is 45.0 Å². The van der Waals surface area contributed by atoms with Crippen LogP contribution in [-0.2, 0) is 4.79 Å². The van der Waals surface area contributed by atoms with Gasteiger partial charge in [-0.25, -0.2) is 14.6 Å². The number of anilines is 2. The van der Waals surface area contributed by atoms with Crippen molar-refractivity contribution in [3.63, 3.8) is 0 Å². The van der Waals surface area contributed by atoms with Crippen LogP contribution >= 0.6 is 15.9 Å². The average molecular weight is 483 g/mol. The number of piperidine rings is 1. The number of halogens is 1. The first kappa shape index (κ1) is 19.6. The number of urea groups is 1. The number of hydrogen-bond acceptors (Lipinski definition) is 4. The second-order valence-electron chi connectivity index (χ2n) is 7.79. The minimum Gasteiger partial charge on any atom is -0.351 e. The fourth-order valence-corrected chi connectivity index (χ4v) is 4.68. The molecular formula is C21H19BrN6O3. The van der Waals surface area contributed by atoms with E-state index in [0.717, 1.165) is 6.42 Å². The van der Waals surface area contributed by atoms with Gasteiger partial charge in [0.1, 0.15) is 16.5 Å². The van der Waals surface area contributed by atoms with Crippen molar-refractivity contribution in [2.24, 2.45) is 17.6 Å². The van der Waals surface area contributed by atoms with Crippen LogP contribution < -0.4 is 16.4 Å². The number of likely N-dealkylation sites (tertiary alicyclic amines) is 1. The third kappa shape index (κ3) is 3.52. The summed E-state index contributed by atoms with van der Waals surface area (Å²) < 4.78 is 1.90. The van der Waals surface area contributed by atoms with Gasteiger partial charge in [0.25, 0.3) is 0 Å². The van der Waals surface area contributed by atoms with Gasteiger partial charge in [-0.05, 0) is 52.4 Å². The number of carbonyl (C=O) groups excluding carboxylic acids is 3. The minimum absolute atomic E-state index is 0.143. The van der Waals surface area contributed by atoms with E-state index in [9.17, 15) is 14.4 Å². The normalized spacial score (nSPS) is 21.6. The molecule has 0 bridgehead atoms. The summed E-state index contributed by atoms with van der Waals surface area (Å²) in [6.45, 7) is 0.509. The number of amides is 4. The van der Waals surface area contributed by atoms with Gasteiger partial charge >= 0.3 is 12.1 Å². The van der Waals surface area contributed by atoms with Crippen LogP contribution in [0.4, 0.5) is 21.1 Å². The molecule has 1 saturated heterocycles. The third-order valence-corrected chi connectivity index (χ3v) is 6.28. The number of aromatic nitrogens is 2. The number of nitrogens with zero attached hydrogens (tertiary/aromatic N) is 3. The molecule has 1 saturated carbocycles. The van der Waals surface area contributed by atoms with Crippen molar-refractivity contribution in [3.8, 4) is 0 Å². The van der Waals surface area contributed by atoms with Crippen molar-refractivity contribution >= 4 is 56.3 Å². The molecular weight excluding hydrogens is 464 g/mol. The molecule has 2 fully saturated rings. The highest BCUT2D eigenvalue weighted by Crippen LogP contribution is 2.50. The quantitative estimate of drug-likeness (QED) is 0.495. The molecule has 1 aliphatic heterocycles. The molecule has 4 N–H and O–H groups in total. The second-order valence-corrected chi connectivity index (χ2v) is 8.60. The molecule has 10 heteroatoms. The Kier molecular flexibility index (Phi) is 4.66. The van der Waals surface area contributed by atoms with Gasteiger partial charge in [0.2, 0.25) is 5.91 Å². The highest BCUT2D eigenvalue weighted by atomic mass is 79.9. The Bertz CT molecular complexity index is 1220. The average Bonchev–Trinajstić information content (AvgIpc) is 3.24. The van der Waals surface area contributed by atoms with Crippen molar-refractivity contribution in [2.75, 3.05) is 17.2 Å². The first-order valence-corrected chi connectivity index (χ1v) is 10.6. The smallest absolute Gasteiger partial charge is 0.323 e. The predicted octanol–water partition coefficient (Wildman–Crippen LogP) is 3.22. The van der Waals surface area contributed by atoms with Gasteiger partial charge in [0, 0.05) is 18.1 Å². The Morgan fingerprint density at radius 2 is 1.90 bits per heavy atom. The zero-order chi connectivity index (χ0) is 21.7. The topological polar surface area (TPSA) is 122 Å². The SMILES string of the molecule is NC(=O)n1cc(NC(=O)N2C[C@H]3C[C@H]3[C@H]2C(=O)Nc2cccc(Br)n2)c2ccccc21. The Hall–Kier alpha value is -3.40. The predicted molar refractivity (Wildman–Crippen MR) is 119 cm³/mol. The Morgan fingerprint density at radius 3 is 2.68 bits per heavy atom. The molecule has 1 aromatic carbocycles. The molecule has 3 heterocycles. The van der Waals surface area contributed by atoms with Crippen molar-refractivity contribution in [1.29, 1.82) is 0 Å². The molecule has 9 nitrogen and oxygen atoms in total. The van der Waals surface area contributed by atoms with Crippen molar-refractivity contribution in [1.82, 2.24) is 14.5 Å². The molecule has 0 unspecified atom stereocenters. The lowest BCUT2D eigenvalue weighted by atomic mass is 10.1. The monoisotopic (exact) mass is 482 g/mol. The first-order chi connectivity index (χ1) is 14.9. The molecule has 5 rings (SSSR count). The molecule has 4 amide bonds. The van der Waals surface area contributed by atoms with Gasteiger partial charge in [-0.15, -0.1) is 0 Å². The van der Waals surface area contributed by atoms with Gasteiger partial charge in [-0.2, -0.15) is 0 Å². The molecule has 3 atom stereocenters. The summed E-state index contributed by atoms with van der Waals surface area (Å²) in [6.07, 6.45) is 2.43. The zero-order valence-corrected chi connectivity index (χ0v) is 17.9. The van der Waals surface area contributed by atoms with Crippen LogP contribution in [0.1, 0.15) is 6.42 Å². The van der Waals surface area contributed by atoms with E-state index in [1.807, 2.05) is 6.07 Å². The van der Waals surface area contributed by atoms with E-state index in [-0.39, 0.29) is 17.9 Å². The number of nitrogens with one attached hydrogen (secondary N) is 2. The lowest BCUT2D eigenvalue weighted by molar-refractivity contribution is -0.120. The summed E-state index contributed by atoms with van der Waals surface area (Å²) in [5.41, 5.74) is 6.52. The van der Waals surface area contributed by atoms with E-state index in [4.69, 9.17) is 5.73 Å². The molecule has 1 aliphatic carbocycles. The maximum atomic E-state index is 13.1. The van der Waals surface area contributed by atoms with Gasteiger partial charge in [-0.1, -0.05) is 24.3 Å². The number of benzene rings is 1. The van der Waals surface area contributed by atoms with Crippen LogP contribution in [0.5, 0.6) is 0 Å². The lowest BCUT2D eigenvalue weighted by Gasteiger charge is -2.26. The second kappa shape index (κ2) is 7.38. The number of fused-ring (bicyclic) bond motifs is 2. The number of para-hydroxylation sites is 1. The molecule has 0 radical (unpaired) electrons. The van der Waals surface area contributed by atoms with Crippen LogP contribution in [0.25, 0.3) is 10.9 Å². The fourth-order valence-electron chi connectivity index (χ4n) is 4.34. The number of pyridine rings is 1. The van der Waals surface area contributed by atoms with Crippen molar-refractivity contribution < 1.29 is 14.4 Å². The van der Waals surface area contributed by atoms with Crippen LogP contribution in [0.2, 0.25) is 0 Å². The van der Waals surface area contributed by atoms with E-state index in [2.05, 4.69) is 31.5 Å².